The van der Waals surface area contributed by atoms with Crippen molar-refractivity contribution in [2.75, 3.05) is 37.7 Å². The van der Waals surface area contributed by atoms with E-state index in [1.165, 1.54) is 0 Å². The highest BCUT2D eigenvalue weighted by atomic mass is 32.2. The van der Waals surface area contributed by atoms with Crippen molar-refractivity contribution in [3.05, 3.63) is 29.8 Å². The third-order valence-corrected chi connectivity index (χ3v) is 5.82. The minimum Gasteiger partial charge on any atom is -0.475 e. The van der Waals surface area contributed by atoms with Crippen molar-refractivity contribution in [1.82, 2.24) is 9.80 Å². The highest BCUT2D eigenvalue weighted by molar-refractivity contribution is 7.92. The molecule has 1 amide bonds. The van der Waals surface area contributed by atoms with Gasteiger partial charge in [-0.05, 0) is 58.1 Å². The number of carboxylic acid groups (broad SMARTS) is 1. The number of likely N-dealkylation sites (tertiary alicyclic amines) is 1. The SMILES string of the molecule is CCS(=O)(=O)Nc1ccc(C(=O)N2CCC(N(C)C)CC2)cc1.O=C(O)C(F)(F)F. The quantitative estimate of drug-likeness (QED) is 0.708. The first-order chi connectivity index (χ1) is 13.8. The lowest BCUT2D eigenvalue weighted by atomic mass is 10.0. The Hall–Kier alpha value is -2.34. The van der Waals surface area contributed by atoms with E-state index >= 15 is 0 Å². The van der Waals surface area contributed by atoms with E-state index in [0.29, 0.717) is 17.3 Å². The van der Waals surface area contributed by atoms with Gasteiger partial charge < -0.3 is 14.9 Å². The summed E-state index contributed by atoms with van der Waals surface area (Å²) in [6.45, 7) is 3.09. The summed E-state index contributed by atoms with van der Waals surface area (Å²) in [7, 11) is 0.845. The van der Waals surface area contributed by atoms with E-state index in [0.717, 1.165) is 25.9 Å². The zero-order valence-electron chi connectivity index (χ0n) is 16.9. The van der Waals surface area contributed by atoms with Gasteiger partial charge in [-0.3, -0.25) is 9.52 Å². The van der Waals surface area contributed by atoms with E-state index in [1.807, 2.05) is 4.90 Å². The van der Waals surface area contributed by atoms with E-state index in [1.54, 1.807) is 31.2 Å². The minimum absolute atomic E-state index is 0.00658. The fourth-order valence-corrected chi connectivity index (χ4v) is 3.34. The number of alkyl halides is 3. The molecule has 170 valence electrons. The van der Waals surface area contributed by atoms with Crippen molar-refractivity contribution >= 4 is 27.6 Å². The molecule has 0 aliphatic carbocycles. The highest BCUT2D eigenvalue weighted by Crippen LogP contribution is 2.18. The van der Waals surface area contributed by atoms with Crippen molar-refractivity contribution < 1.29 is 36.3 Å². The summed E-state index contributed by atoms with van der Waals surface area (Å²) in [5.74, 6) is -2.73. The molecular weight excluding hydrogens is 427 g/mol. The maximum Gasteiger partial charge on any atom is 0.490 e. The number of carbonyl (C=O) groups excluding carboxylic acids is 1. The summed E-state index contributed by atoms with van der Waals surface area (Å²) in [6, 6.07) is 7.15. The predicted octanol–water partition coefficient (Wildman–Crippen LogP) is 2.25. The van der Waals surface area contributed by atoms with Gasteiger partial charge in [-0.25, -0.2) is 13.2 Å². The van der Waals surface area contributed by atoms with Crippen LogP contribution in [0.3, 0.4) is 0 Å². The minimum atomic E-state index is -5.08. The Balaban J connectivity index is 0.000000553. The smallest absolute Gasteiger partial charge is 0.475 e. The molecule has 0 unspecified atom stereocenters. The molecule has 8 nitrogen and oxygen atoms in total. The first-order valence-electron chi connectivity index (χ1n) is 9.13. The maximum atomic E-state index is 12.5. The van der Waals surface area contributed by atoms with Gasteiger partial charge >= 0.3 is 12.1 Å². The lowest BCUT2D eigenvalue weighted by Gasteiger charge is -2.35. The monoisotopic (exact) mass is 453 g/mol. The number of sulfonamides is 1. The van der Waals surface area contributed by atoms with Gasteiger partial charge in [0.2, 0.25) is 10.0 Å². The molecule has 0 bridgehead atoms. The molecule has 0 spiro atoms. The zero-order chi connectivity index (χ0) is 23.1. The van der Waals surface area contributed by atoms with E-state index in [4.69, 9.17) is 9.90 Å². The number of hydrogen-bond acceptors (Lipinski definition) is 5. The second kappa shape index (κ2) is 10.6. The molecule has 30 heavy (non-hydrogen) atoms. The molecule has 1 aliphatic rings. The molecule has 0 aromatic heterocycles. The maximum absolute atomic E-state index is 12.5. The van der Waals surface area contributed by atoms with Crippen molar-refractivity contribution in [2.24, 2.45) is 0 Å². The first-order valence-corrected chi connectivity index (χ1v) is 10.8. The van der Waals surface area contributed by atoms with Crippen LogP contribution in [0, 0.1) is 0 Å². The van der Waals surface area contributed by atoms with Gasteiger partial charge in [0.15, 0.2) is 0 Å². The average molecular weight is 453 g/mol. The molecule has 1 aliphatic heterocycles. The van der Waals surface area contributed by atoms with Crippen LogP contribution in [0.1, 0.15) is 30.1 Å². The van der Waals surface area contributed by atoms with Gasteiger partial charge in [0.05, 0.1) is 5.75 Å². The molecule has 1 fully saturated rings. The first kappa shape index (κ1) is 25.7. The van der Waals surface area contributed by atoms with Crippen molar-refractivity contribution in [1.29, 1.82) is 0 Å². The summed E-state index contributed by atoms with van der Waals surface area (Å²) in [5.41, 5.74) is 1.07. The molecule has 2 N–H and O–H groups in total. The summed E-state index contributed by atoms with van der Waals surface area (Å²) < 4.78 is 57.3. The Bertz CT molecular complexity index is 818. The molecular formula is C18H26F3N3O5S. The molecule has 0 radical (unpaired) electrons. The van der Waals surface area contributed by atoms with Gasteiger partial charge in [0.1, 0.15) is 0 Å². The number of rotatable bonds is 5. The summed E-state index contributed by atoms with van der Waals surface area (Å²) in [4.78, 5) is 25.5. The van der Waals surface area contributed by atoms with Crippen molar-refractivity contribution in [3.8, 4) is 0 Å². The fourth-order valence-electron chi connectivity index (χ4n) is 2.70. The Morgan fingerprint density at radius 1 is 1.17 bits per heavy atom. The van der Waals surface area contributed by atoms with Gasteiger partial charge in [0, 0.05) is 30.4 Å². The average Bonchev–Trinajstić information content (AvgIpc) is 2.67. The number of halogens is 3. The predicted molar refractivity (Wildman–Crippen MR) is 106 cm³/mol. The van der Waals surface area contributed by atoms with Gasteiger partial charge in [-0.1, -0.05) is 0 Å². The lowest BCUT2D eigenvalue weighted by molar-refractivity contribution is -0.192. The third-order valence-electron chi connectivity index (χ3n) is 4.51. The molecule has 1 saturated heterocycles. The van der Waals surface area contributed by atoms with Gasteiger partial charge in [-0.15, -0.1) is 0 Å². The Kier molecular flexibility index (Phi) is 9.09. The molecule has 0 saturated carbocycles. The van der Waals surface area contributed by atoms with Gasteiger partial charge in [0.25, 0.3) is 5.91 Å². The number of amides is 1. The summed E-state index contributed by atoms with van der Waals surface area (Å²) in [6.07, 6.45) is -3.12. The van der Waals surface area contributed by atoms with Crippen LogP contribution in [-0.4, -0.2) is 80.4 Å². The fraction of sp³-hybridized carbons (Fsp3) is 0.556. The van der Waals surface area contributed by atoms with Crippen LogP contribution in [-0.2, 0) is 14.8 Å². The van der Waals surface area contributed by atoms with Crippen molar-refractivity contribution in [2.45, 2.75) is 32.0 Å². The molecule has 1 aromatic rings. The Morgan fingerprint density at radius 2 is 1.63 bits per heavy atom. The number of carboxylic acids is 1. The number of nitrogens with one attached hydrogen (secondary N) is 1. The largest absolute Gasteiger partial charge is 0.490 e. The molecule has 12 heteroatoms. The van der Waals surface area contributed by atoms with Crippen LogP contribution in [0.4, 0.5) is 18.9 Å². The third kappa shape index (κ3) is 8.19. The number of hydrogen-bond donors (Lipinski definition) is 2. The number of aliphatic carboxylic acids is 1. The number of piperidine rings is 1. The lowest BCUT2D eigenvalue weighted by Crippen LogP contribution is -2.44. The second-order valence-electron chi connectivity index (χ2n) is 6.87. The topological polar surface area (TPSA) is 107 Å². The van der Waals surface area contributed by atoms with Crippen LogP contribution in [0.5, 0.6) is 0 Å². The van der Waals surface area contributed by atoms with Gasteiger partial charge in [-0.2, -0.15) is 13.2 Å². The van der Waals surface area contributed by atoms with E-state index in [-0.39, 0.29) is 11.7 Å². The highest BCUT2D eigenvalue weighted by Gasteiger charge is 2.38. The molecule has 1 heterocycles. The summed E-state index contributed by atoms with van der Waals surface area (Å²) in [5, 5.41) is 7.12. The number of anilines is 1. The van der Waals surface area contributed by atoms with Crippen molar-refractivity contribution in [3.63, 3.8) is 0 Å². The van der Waals surface area contributed by atoms with E-state index in [2.05, 4.69) is 23.7 Å². The summed E-state index contributed by atoms with van der Waals surface area (Å²) >= 11 is 0. The number of nitrogens with zero attached hydrogens (tertiary/aromatic N) is 2. The molecule has 1 aromatic carbocycles. The van der Waals surface area contributed by atoms with E-state index in [9.17, 15) is 26.4 Å². The molecule has 2 rings (SSSR count). The normalized spacial score (nSPS) is 15.4. The standard InChI is InChI=1S/C16H25N3O3S.C2HF3O2/c1-4-23(21,22)17-14-7-5-13(6-8-14)16(20)19-11-9-15(10-12-19)18(2)3;3-2(4,5)1(6)7/h5-8,15,17H,4,9-12H2,1-3H3;(H,6,7). The second-order valence-corrected chi connectivity index (χ2v) is 8.88. The van der Waals surface area contributed by atoms with Crippen LogP contribution in [0.25, 0.3) is 0 Å². The Morgan fingerprint density at radius 3 is 2.00 bits per heavy atom. The number of carbonyl (C=O) groups is 2. The van der Waals surface area contributed by atoms with Crippen LogP contribution in [0.2, 0.25) is 0 Å². The Labute approximate surface area is 173 Å². The zero-order valence-corrected chi connectivity index (χ0v) is 17.8. The number of benzene rings is 1. The van der Waals surface area contributed by atoms with Crippen LogP contribution >= 0.6 is 0 Å². The van der Waals surface area contributed by atoms with E-state index < -0.39 is 22.2 Å². The van der Waals surface area contributed by atoms with Crippen LogP contribution < -0.4 is 4.72 Å². The van der Waals surface area contributed by atoms with Crippen LogP contribution in [0.15, 0.2) is 24.3 Å². The molecule has 0 atom stereocenters.